The summed E-state index contributed by atoms with van der Waals surface area (Å²) in [6, 6.07) is 3.64. The molecular formula is C24H38N4O2. The maximum atomic E-state index is 12.5. The third kappa shape index (κ3) is 7.38. The van der Waals surface area contributed by atoms with E-state index in [1.807, 2.05) is 6.07 Å². The Hall–Kier alpha value is -1.95. The highest BCUT2D eigenvalue weighted by molar-refractivity contribution is 5.92. The highest BCUT2D eigenvalue weighted by Crippen LogP contribution is 2.27. The van der Waals surface area contributed by atoms with Crippen molar-refractivity contribution < 1.29 is 9.59 Å². The van der Waals surface area contributed by atoms with E-state index in [9.17, 15) is 9.59 Å². The second kappa shape index (κ2) is 12.0. The fraction of sp³-hybridized carbons (Fsp3) is 0.708. The van der Waals surface area contributed by atoms with Crippen molar-refractivity contribution in [1.29, 1.82) is 0 Å². The number of unbranched alkanes of at least 4 members (excludes halogenated alkanes) is 2. The molecule has 0 spiro atoms. The Morgan fingerprint density at radius 2 is 1.77 bits per heavy atom. The molecule has 6 nitrogen and oxygen atoms in total. The molecule has 2 heterocycles. The molecule has 2 N–H and O–H groups in total. The first-order valence-electron chi connectivity index (χ1n) is 11.9. The van der Waals surface area contributed by atoms with Crippen LogP contribution in [0.4, 0.5) is 0 Å². The molecule has 0 aromatic carbocycles. The molecule has 30 heavy (non-hydrogen) atoms. The van der Waals surface area contributed by atoms with Crippen LogP contribution in [0, 0.1) is 5.92 Å². The standard InChI is InChI=1S/C24H38N4O2/c25-24(30)21-11-12-22(26-19-21)9-5-2-6-14-27-15-17-28(18-16-27)23(29)13-10-20-7-3-1-4-8-20/h11-12,19-20H,1-10,13-18H2,(H2,25,30). The lowest BCUT2D eigenvalue weighted by Crippen LogP contribution is -2.48. The zero-order chi connectivity index (χ0) is 21.2. The topological polar surface area (TPSA) is 79.5 Å². The van der Waals surface area contributed by atoms with Gasteiger partial charge in [0.05, 0.1) is 5.56 Å². The van der Waals surface area contributed by atoms with E-state index in [0.29, 0.717) is 11.5 Å². The zero-order valence-electron chi connectivity index (χ0n) is 18.4. The van der Waals surface area contributed by atoms with E-state index in [1.165, 1.54) is 44.9 Å². The average Bonchev–Trinajstić information content (AvgIpc) is 2.78. The lowest BCUT2D eigenvalue weighted by atomic mass is 9.86. The molecule has 1 saturated carbocycles. The van der Waals surface area contributed by atoms with Gasteiger partial charge in [-0.15, -0.1) is 0 Å². The molecule has 0 atom stereocenters. The van der Waals surface area contributed by atoms with Gasteiger partial charge in [0.25, 0.3) is 0 Å². The molecule has 1 aliphatic carbocycles. The van der Waals surface area contributed by atoms with Crippen LogP contribution in [0.3, 0.4) is 0 Å². The summed E-state index contributed by atoms with van der Waals surface area (Å²) < 4.78 is 0. The number of nitrogens with zero attached hydrogens (tertiary/aromatic N) is 3. The summed E-state index contributed by atoms with van der Waals surface area (Å²) in [6.07, 6.45) is 14.5. The number of primary amides is 1. The molecule has 1 saturated heterocycles. The number of amides is 2. The minimum atomic E-state index is -0.430. The number of rotatable bonds is 10. The lowest BCUT2D eigenvalue weighted by Gasteiger charge is -2.35. The van der Waals surface area contributed by atoms with Crippen LogP contribution < -0.4 is 5.73 Å². The van der Waals surface area contributed by atoms with E-state index in [2.05, 4.69) is 14.8 Å². The number of aromatic nitrogens is 1. The van der Waals surface area contributed by atoms with Crippen molar-refractivity contribution in [1.82, 2.24) is 14.8 Å². The monoisotopic (exact) mass is 414 g/mol. The fourth-order valence-corrected chi connectivity index (χ4v) is 4.72. The van der Waals surface area contributed by atoms with Gasteiger partial charge in [0.2, 0.25) is 11.8 Å². The fourth-order valence-electron chi connectivity index (χ4n) is 4.72. The van der Waals surface area contributed by atoms with Gasteiger partial charge in [-0.3, -0.25) is 19.5 Å². The van der Waals surface area contributed by atoms with Crippen molar-refractivity contribution in [3.05, 3.63) is 29.6 Å². The van der Waals surface area contributed by atoms with Crippen LogP contribution in [0.2, 0.25) is 0 Å². The summed E-state index contributed by atoms with van der Waals surface area (Å²) >= 11 is 0. The molecule has 2 amide bonds. The molecule has 1 aliphatic heterocycles. The summed E-state index contributed by atoms with van der Waals surface area (Å²) in [5.74, 6) is 0.732. The highest BCUT2D eigenvalue weighted by atomic mass is 16.2. The van der Waals surface area contributed by atoms with Crippen LogP contribution in [-0.2, 0) is 11.2 Å². The molecular weight excluding hydrogens is 376 g/mol. The van der Waals surface area contributed by atoms with Crippen molar-refractivity contribution >= 4 is 11.8 Å². The smallest absolute Gasteiger partial charge is 0.250 e. The van der Waals surface area contributed by atoms with Gasteiger partial charge in [-0.25, -0.2) is 0 Å². The van der Waals surface area contributed by atoms with Crippen molar-refractivity contribution in [3.63, 3.8) is 0 Å². The first kappa shape index (κ1) is 22.7. The Balaban J connectivity index is 1.23. The van der Waals surface area contributed by atoms with Crippen molar-refractivity contribution in [2.24, 2.45) is 11.7 Å². The first-order chi connectivity index (χ1) is 14.6. The highest BCUT2D eigenvalue weighted by Gasteiger charge is 2.22. The molecule has 2 fully saturated rings. The number of carbonyl (C=O) groups excluding carboxylic acids is 2. The molecule has 0 unspecified atom stereocenters. The Morgan fingerprint density at radius 1 is 1.00 bits per heavy atom. The van der Waals surface area contributed by atoms with E-state index < -0.39 is 5.91 Å². The van der Waals surface area contributed by atoms with Gasteiger partial charge in [0.1, 0.15) is 0 Å². The number of pyridine rings is 1. The second-order valence-electron chi connectivity index (χ2n) is 8.98. The Morgan fingerprint density at radius 3 is 2.43 bits per heavy atom. The first-order valence-corrected chi connectivity index (χ1v) is 11.9. The van der Waals surface area contributed by atoms with Gasteiger partial charge in [0, 0.05) is 44.5 Å². The quantitative estimate of drug-likeness (QED) is 0.595. The van der Waals surface area contributed by atoms with Gasteiger partial charge >= 0.3 is 0 Å². The third-order valence-corrected chi connectivity index (χ3v) is 6.73. The number of hydrogen-bond donors (Lipinski definition) is 1. The van der Waals surface area contributed by atoms with Gasteiger partial charge in [-0.05, 0) is 50.3 Å². The van der Waals surface area contributed by atoms with Gasteiger partial charge in [-0.1, -0.05) is 38.5 Å². The number of piperazine rings is 1. The Bertz CT molecular complexity index is 662. The minimum absolute atomic E-state index is 0.370. The Kier molecular flexibility index (Phi) is 9.12. The largest absolute Gasteiger partial charge is 0.366 e. The van der Waals surface area contributed by atoms with E-state index in [0.717, 1.165) is 70.0 Å². The van der Waals surface area contributed by atoms with E-state index in [1.54, 1.807) is 12.3 Å². The predicted octanol–water partition coefficient (Wildman–Crippen LogP) is 3.40. The van der Waals surface area contributed by atoms with E-state index in [-0.39, 0.29) is 0 Å². The van der Waals surface area contributed by atoms with Gasteiger partial charge in [-0.2, -0.15) is 0 Å². The van der Waals surface area contributed by atoms with E-state index in [4.69, 9.17) is 5.73 Å². The number of aryl methyl sites for hydroxylation is 1. The lowest BCUT2D eigenvalue weighted by molar-refractivity contribution is -0.133. The molecule has 1 aromatic rings. The molecule has 166 valence electrons. The van der Waals surface area contributed by atoms with Crippen molar-refractivity contribution in [2.45, 2.75) is 70.6 Å². The maximum absolute atomic E-state index is 12.5. The van der Waals surface area contributed by atoms with E-state index >= 15 is 0 Å². The van der Waals surface area contributed by atoms with Crippen molar-refractivity contribution in [2.75, 3.05) is 32.7 Å². The Labute approximate surface area is 181 Å². The second-order valence-corrected chi connectivity index (χ2v) is 8.98. The average molecular weight is 415 g/mol. The van der Waals surface area contributed by atoms with Crippen LogP contribution in [0.15, 0.2) is 18.3 Å². The molecule has 0 radical (unpaired) electrons. The third-order valence-electron chi connectivity index (χ3n) is 6.73. The van der Waals surface area contributed by atoms with Crippen LogP contribution in [0.5, 0.6) is 0 Å². The SMILES string of the molecule is NC(=O)c1ccc(CCCCCN2CCN(C(=O)CCC3CCCCC3)CC2)nc1. The van der Waals surface area contributed by atoms with Gasteiger partial charge < -0.3 is 10.6 Å². The summed E-state index contributed by atoms with van der Waals surface area (Å²) in [7, 11) is 0. The molecule has 3 rings (SSSR count). The molecule has 6 heteroatoms. The number of hydrogen-bond acceptors (Lipinski definition) is 4. The van der Waals surface area contributed by atoms with Gasteiger partial charge in [0.15, 0.2) is 0 Å². The van der Waals surface area contributed by atoms with Crippen LogP contribution in [-0.4, -0.2) is 59.3 Å². The summed E-state index contributed by atoms with van der Waals surface area (Å²) in [5, 5.41) is 0. The van der Waals surface area contributed by atoms with Crippen LogP contribution >= 0.6 is 0 Å². The zero-order valence-corrected chi connectivity index (χ0v) is 18.4. The number of nitrogens with two attached hydrogens (primary N) is 1. The number of carbonyl (C=O) groups is 2. The maximum Gasteiger partial charge on any atom is 0.250 e. The van der Waals surface area contributed by atoms with Crippen LogP contribution in [0.25, 0.3) is 0 Å². The summed E-state index contributed by atoms with van der Waals surface area (Å²) in [5.41, 5.74) is 6.72. The molecule has 2 aliphatic rings. The minimum Gasteiger partial charge on any atom is -0.366 e. The molecule has 1 aromatic heterocycles. The normalized spacial score (nSPS) is 18.5. The summed E-state index contributed by atoms with van der Waals surface area (Å²) in [4.78, 5) is 32.5. The summed E-state index contributed by atoms with van der Waals surface area (Å²) in [6.45, 7) is 4.90. The van der Waals surface area contributed by atoms with Crippen molar-refractivity contribution in [3.8, 4) is 0 Å². The predicted molar refractivity (Wildman–Crippen MR) is 119 cm³/mol. The molecule has 0 bridgehead atoms. The van der Waals surface area contributed by atoms with Crippen LogP contribution in [0.1, 0.15) is 80.3 Å².